The van der Waals surface area contributed by atoms with Gasteiger partial charge in [-0.3, -0.25) is 0 Å². The summed E-state index contributed by atoms with van der Waals surface area (Å²) in [5.41, 5.74) is 6.65. The van der Waals surface area contributed by atoms with E-state index in [1.807, 2.05) is 24.0 Å². The van der Waals surface area contributed by atoms with E-state index in [9.17, 15) is 4.79 Å². The molecular formula is C15H22ClN3O. The fraction of sp³-hybridized carbons (Fsp3) is 0.533. The number of anilines is 1. The van der Waals surface area contributed by atoms with Crippen LogP contribution in [0.25, 0.3) is 0 Å². The van der Waals surface area contributed by atoms with Gasteiger partial charge in [-0.15, -0.1) is 0 Å². The van der Waals surface area contributed by atoms with Crippen molar-refractivity contribution < 1.29 is 4.79 Å². The highest BCUT2D eigenvalue weighted by Crippen LogP contribution is 2.23. The van der Waals surface area contributed by atoms with E-state index in [2.05, 4.69) is 5.32 Å². The first-order chi connectivity index (χ1) is 9.60. The topological polar surface area (TPSA) is 58.4 Å². The number of hydrogen-bond donors (Lipinski definition) is 2. The van der Waals surface area contributed by atoms with Gasteiger partial charge in [-0.05, 0) is 50.8 Å². The Morgan fingerprint density at radius 3 is 2.70 bits per heavy atom. The van der Waals surface area contributed by atoms with E-state index in [1.165, 1.54) is 0 Å². The van der Waals surface area contributed by atoms with Gasteiger partial charge >= 0.3 is 6.03 Å². The van der Waals surface area contributed by atoms with Crippen LogP contribution in [0, 0.1) is 0 Å². The molecule has 0 heterocycles. The Bertz CT molecular complexity index is 458. The molecule has 110 valence electrons. The summed E-state index contributed by atoms with van der Waals surface area (Å²) in [6, 6.07) is 7.74. The summed E-state index contributed by atoms with van der Waals surface area (Å²) in [5.74, 6) is 0. The fourth-order valence-electron chi connectivity index (χ4n) is 2.74. The molecule has 2 rings (SSSR count). The Morgan fingerprint density at radius 2 is 2.10 bits per heavy atom. The van der Waals surface area contributed by atoms with Crippen LogP contribution in [0.1, 0.15) is 32.6 Å². The minimum atomic E-state index is -0.0600. The maximum atomic E-state index is 12.4. The normalized spacial score (nSPS) is 22.4. The molecular weight excluding hydrogens is 274 g/mol. The Morgan fingerprint density at radius 1 is 1.40 bits per heavy atom. The van der Waals surface area contributed by atoms with Gasteiger partial charge in [0.2, 0.25) is 0 Å². The molecule has 1 aromatic rings. The summed E-state index contributed by atoms with van der Waals surface area (Å²) in [6.07, 6.45) is 3.95. The van der Waals surface area contributed by atoms with Crippen molar-refractivity contribution in [1.82, 2.24) is 4.90 Å². The lowest BCUT2D eigenvalue weighted by Gasteiger charge is -2.35. The molecule has 0 unspecified atom stereocenters. The smallest absolute Gasteiger partial charge is 0.322 e. The lowest BCUT2D eigenvalue weighted by atomic mass is 9.91. The molecule has 1 saturated carbocycles. The maximum absolute atomic E-state index is 12.4. The van der Waals surface area contributed by atoms with Gasteiger partial charge in [-0.25, -0.2) is 4.79 Å². The van der Waals surface area contributed by atoms with Crippen LogP contribution < -0.4 is 11.1 Å². The van der Waals surface area contributed by atoms with E-state index in [1.54, 1.807) is 12.1 Å². The highest BCUT2D eigenvalue weighted by molar-refractivity contribution is 6.30. The summed E-state index contributed by atoms with van der Waals surface area (Å²) in [5, 5.41) is 3.53. The van der Waals surface area contributed by atoms with Crippen LogP contribution in [0.5, 0.6) is 0 Å². The first kappa shape index (κ1) is 15.1. The third-order valence-electron chi connectivity index (χ3n) is 3.86. The highest BCUT2D eigenvalue weighted by atomic mass is 35.5. The van der Waals surface area contributed by atoms with E-state index in [0.717, 1.165) is 31.4 Å². The van der Waals surface area contributed by atoms with Crippen molar-refractivity contribution in [3.8, 4) is 0 Å². The fourth-order valence-corrected chi connectivity index (χ4v) is 2.93. The molecule has 1 fully saturated rings. The zero-order valence-corrected chi connectivity index (χ0v) is 12.6. The molecule has 0 saturated heterocycles. The third kappa shape index (κ3) is 3.87. The SMILES string of the molecule is CCN(C(=O)Nc1cccc(Cl)c1)C1CCC(N)CC1. The molecule has 0 aliphatic heterocycles. The minimum absolute atomic E-state index is 0.0600. The van der Waals surface area contributed by atoms with Crippen LogP contribution >= 0.6 is 11.6 Å². The lowest BCUT2D eigenvalue weighted by molar-refractivity contribution is 0.167. The second-order valence-electron chi connectivity index (χ2n) is 5.30. The number of carbonyl (C=O) groups is 1. The molecule has 1 aliphatic rings. The summed E-state index contributed by atoms with van der Waals surface area (Å²) in [4.78, 5) is 14.3. The van der Waals surface area contributed by atoms with Crippen LogP contribution in [0.4, 0.5) is 10.5 Å². The van der Waals surface area contributed by atoms with Crippen molar-refractivity contribution in [3.05, 3.63) is 29.3 Å². The molecule has 0 bridgehead atoms. The summed E-state index contributed by atoms with van der Waals surface area (Å²) < 4.78 is 0. The van der Waals surface area contributed by atoms with E-state index >= 15 is 0 Å². The molecule has 2 amide bonds. The second-order valence-corrected chi connectivity index (χ2v) is 5.73. The number of urea groups is 1. The number of nitrogens with one attached hydrogen (secondary N) is 1. The summed E-state index contributed by atoms with van der Waals surface area (Å²) >= 11 is 5.93. The van der Waals surface area contributed by atoms with E-state index in [0.29, 0.717) is 23.7 Å². The highest BCUT2D eigenvalue weighted by Gasteiger charge is 2.26. The first-order valence-electron chi connectivity index (χ1n) is 7.19. The summed E-state index contributed by atoms with van der Waals surface area (Å²) in [6.45, 7) is 2.71. The molecule has 0 atom stereocenters. The van der Waals surface area contributed by atoms with Crippen molar-refractivity contribution in [1.29, 1.82) is 0 Å². The minimum Gasteiger partial charge on any atom is -0.328 e. The zero-order valence-electron chi connectivity index (χ0n) is 11.8. The molecule has 0 spiro atoms. The van der Waals surface area contributed by atoms with Gasteiger partial charge in [0.15, 0.2) is 0 Å². The van der Waals surface area contributed by atoms with Gasteiger partial charge in [0.25, 0.3) is 0 Å². The molecule has 3 N–H and O–H groups in total. The Balaban J connectivity index is 1.98. The standard InChI is InChI=1S/C15H22ClN3O/c1-2-19(14-8-6-12(17)7-9-14)15(20)18-13-5-3-4-11(16)10-13/h3-5,10,12,14H,2,6-9,17H2,1H3,(H,18,20). The van der Waals surface area contributed by atoms with Crippen molar-refractivity contribution in [2.45, 2.75) is 44.7 Å². The van der Waals surface area contributed by atoms with Gasteiger partial charge in [0, 0.05) is 29.3 Å². The first-order valence-corrected chi connectivity index (χ1v) is 7.56. The van der Waals surface area contributed by atoms with E-state index < -0.39 is 0 Å². The van der Waals surface area contributed by atoms with E-state index in [-0.39, 0.29) is 6.03 Å². The Hall–Kier alpha value is -1.26. The third-order valence-corrected chi connectivity index (χ3v) is 4.09. The van der Waals surface area contributed by atoms with Gasteiger partial charge in [0.05, 0.1) is 0 Å². The number of amides is 2. The molecule has 4 nitrogen and oxygen atoms in total. The maximum Gasteiger partial charge on any atom is 0.322 e. The zero-order chi connectivity index (χ0) is 14.5. The largest absolute Gasteiger partial charge is 0.328 e. The Kier molecular flexibility index (Phi) is 5.26. The van der Waals surface area contributed by atoms with Gasteiger partial charge < -0.3 is 16.0 Å². The molecule has 1 aliphatic carbocycles. The molecule has 5 heteroatoms. The van der Waals surface area contributed by atoms with Crippen LogP contribution in [0.3, 0.4) is 0 Å². The number of carbonyl (C=O) groups excluding carboxylic acids is 1. The number of hydrogen-bond acceptors (Lipinski definition) is 2. The van der Waals surface area contributed by atoms with Crippen LogP contribution in [-0.2, 0) is 0 Å². The lowest BCUT2D eigenvalue weighted by Crippen LogP contribution is -2.46. The van der Waals surface area contributed by atoms with Crippen molar-refractivity contribution in [2.24, 2.45) is 5.73 Å². The van der Waals surface area contributed by atoms with Crippen molar-refractivity contribution in [3.63, 3.8) is 0 Å². The number of halogens is 1. The van der Waals surface area contributed by atoms with Crippen LogP contribution in [0.2, 0.25) is 5.02 Å². The van der Waals surface area contributed by atoms with Gasteiger partial charge in [-0.2, -0.15) is 0 Å². The predicted octanol–water partition coefficient (Wildman–Crippen LogP) is 3.46. The molecule has 1 aromatic carbocycles. The predicted molar refractivity (Wildman–Crippen MR) is 83.1 cm³/mol. The van der Waals surface area contributed by atoms with Gasteiger partial charge in [0.1, 0.15) is 0 Å². The monoisotopic (exact) mass is 295 g/mol. The average molecular weight is 296 g/mol. The number of benzene rings is 1. The number of rotatable bonds is 3. The van der Waals surface area contributed by atoms with Crippen LogP contribution in [0.15, 0.2) is 24.3 Å². The average Bonchev–Trinajstić information content (AvgIpc) is 2.42. The van der Waals surface area contributed by atoms with Crippen LogP contribution in [-0.4, -0.2) is 29.6 Å². The molecule has 0 aromatic heterocycles. The van der Waals surface area contributed by atoms with E-state index in [4.69, 9.17) is 17.3 Å². The Labute approximate surface area is 125 Å². The quantitative estimate of drug-likeness (QED) is 0.897. The van der Waals surface area contributed by atoms with Crippen molar-refractivity contribution in [2.75, 3.05) is 11.9 Å². The van der Waals surface area contributed by atoms with Crippen molar-refractivity contribution >= 4 is 23.3 Å². The molecule has 20 heavy (non-hydrogen) atoms. The van der Waals surface area contributed by atoms with Gasteiger partial charge in [-0.1, -0.05) is 17.7 Å². The second kappa shape index (κ2) is 6.95. The number of nitrogens with two attached hydrogens (primary N) is 1. The number of nitrogens with zero attached hydrogens (tertiary/aromatic N) is 1. The molecule has 0 radical (unpaired) electrons. The summed E-state index contributed by atoms with van der Waals surface area (Å²) in [7, 11) is 0.